The first-order valence-corrected chi connectivity index (χ1v) is 4.77. The van der Waals surface area contributed by atoms with Gasteiger partial charge in [-0.25, -0.2) is 0 Å². The third-order valence-corrected chi connectivity index (χ3v) is 2.59. The Hall–Kier alpha value is -1.06. The van der Waals surface area contributed by atoms with Gasteiger partial charge in [-0.3, -0.25) is 4.79 Å². The van der Waals surface area contributed by atoms with Gasteiger partial charge in [0, 0.05) is 12.6 Å². The van der Waals surface area contributed by atoms with Crippen molar-refractivity contribution in [1.29, 1.82) is 0 Å². The summed E-state index contributed by atoms with van der Waals surface area (Å²) in [4.78, 5) is 10.5. The molecule has 0 radical (unpaired) electrons. The zero-order valence-corrected chi connectivity index (χ0v) is 9.09. The number of fused-ring (bicyclic) bond motifs is 1. The van der Waals surface area contributed by atoms with E-state index in [1.165, 1.54) is 11.1 Å². The minimum Gasteiger partial charge on any atom is -0.481 e. The molecule has 2 N–H and O–H groups in total. The number of hydrogen-bond donors (Lipinski definition) is 2. The van der Waals surface area contributed by atoms with Gasteiger partial charge < -0.3 is 10.4 Å². The number of carbonyl (C=O) groups is 1. The molecule has 1 aromatic carbocycles. The summed E-state index contributed by atoms with van der Waals surface area (Å²) in [7, 11) is 0. The summed E-state index contributed by atoms with van der Waals surface area (Å²) in [5.74, 6) is -0.734. The number of rotatable bonds is 2. The van der Waals surface area contributed by atoms with Crippen LogP contribution in [0.4, 0.5) is 0 Å². The zero-order chi connectivity index (χ0) is 9.97. The van der Waals surface area contributed by atoms with Gasteiger partial charge in [0.15, 0.2) is 0 Å². The van der Waals surface area contributed by atoms with Gasteiger partial charge >= 0.3 is 5.97 Å². The molecule has 0 aliphatic carbocycles. The van der Waals surface area contributed by atoms with Crippen molar-refractivity contribution in [1.82, 2.24) is 5.32 Å². The van der Waals surface area contributed by atoms with Crippen molar-refractivity contribution in [3.63, 3.8) is 0 Å². The summed E-state index contributed by atoms with van der Waals surface area (Å²) >= 11 is 0. The first kappa shape index (κ1) is 12.0. The van der Waals surface area contributed by atoms with E-state index in [1.807, 2.05) is 12.1 Å². The van der Waals surface area contributed by atoms with Crippen molar-refractivity contribution in [2.24, 2.45) is 0 Å². The van der Waals surface area contributed by atoms with E-state index in [2.05, 4.69) is 17.4 Å². The van der Waals surface area contributed by atoms with E-state index in [4.69, 9.17) is 5.11 Å². The van der Waals surface area contributed by atoms with Crippen LogP contribution in [-0.2, 0) is 17.8 Å². The van der Waals surface area contributed by atoms with Crippen LogP contribution < -0.4 is 5.32 Å². The van der Waals surface area contributed by atoms with Crippen molar-refractivity contribution >= 4 is 18.4 Å². The standard InChI is InChI=1S/C11H13NO2.ClH/c13-11(14)6-10-5-8-3-1-2-4-9(8)7-12-10;/h1-4,10,12H,5-7H2,(H,13,14);1H/t10-;/m1./s1. The van der Waals surface area contributed by atoms with E-state index < -0.39 is 5.97 Å². The number of aliphatic carboxylic acids is 1. The molecule has 15 heavy (non-hydrogen) atoms. The zero-order valence-electron chi connectivity index (χ0n) is 8.27. The van der Waals surface area contributed by atoms with E-state index >= 15 is 0 Å². The molecule has 0 aromatic heterocycles. The number of carboxylic acid groups (broad SMARTS) is 1. The molecule has 1 aliphatic rings. The monoisotopic (exact) mass is 227 g/mol. The van der Waals surface area contributed by atoms with E-state index in [0.717, 1.165) is 13.0 Å². The fraction of sp³-hybridized carbons (Fsp3) is 0.364. The molecule has 0 saturated heterocycles. The summed E-state index contributed by atoms with van der Waals surface area (Å²) in [6.07, 6.45) is 1.02. The maximum atomic E-state index is 10.5. The van der Waals surface area contributed by atoms with Crippen LogP contribution >= 0.6 is 12.4 Å². The molecule has 0 bridgehead atoms. The summed E-state index contributed by atoms with van der Waals surface area (Å²) in [5.41, 5.74) is 2.56. The van der Waals surface area contributed by atoms with E-state index in [0.29, 0.717) is 0 Å². The molecule has 82 valence electrons. The van der Waals surface area contributed by atoms with Gasteiger partial charge in [0.1, 0.15) is 0 Å². The molecule has 1 atom stereocenters. The molecule has 0 amide bonds. The van der Waals surface area contributed by atoms with Crippen molar-refractivity contribution < 1.29 is 9.90 Å². The Labute approximate surface area is 94.9 Å². The Morgan fingerprint density at radius 1 is 1.40 bits per heavy atom. The van der Waals surface area contributed by atoms with Crippen LogP contribution in [0.1, 0.15) is 17.5 Å². The normalized spacial score (nSPS) is 18.8. The second kappa shape index (κ2) is 5.14. The predicted octanol–water partition coefficient (Wildman–Crippen LogP) is 1.60. The van der Waals surface area contributed by atoms with Crippen LogP contribution in [0.25, 0.3) is 0 Å². The Balaban J connectivity index is 0.00000112. The van der Waals surface area contributed by atoms with Crippen LogP contribution in [-0.4, -0.2) is 17.1 Å². The maximum Gasteiger partial charge on any atom is 0.304 e. The lowest BCUT2D eigenvalue weighted by atomic mass is 9.94. The fourth-order valence-corrected chi connectivity index (χ4v) is 1.88. The minimum atomic E-state index is -0.734. The van der Waals surface area contributed by atoms with Gasteiger partial charge in [-0.1, -0.05) is 24.3 Å². The number of carboxylic acids is 1. The molecule has 1 heterocycles. The largest absolute Gasteiger partial charge is 0.481 e. The molecule has 1 aromatic rings. The van der Waals surface area contributed by atoms with Gasteiger partial charge in [-0.2, -0.15) is 0 Å². The molecular weight excluding hydrogens is 214 g/mol. The highest BCUT2D eigenvalue weighted by Crippen LogP contribution is 2.17. The van der Waals surface area contributed by atoms with Crippen molar-refractivity contribution in [3.8, 4) is 0 Å². The van der Waals surface area contributed by atoms with Gasteiger partial charge in [0.2, 0.25) is 0 Å². The van der Waals surface area contributed by atoms with Crippen LogP contribution in [0, 0.1) is 0 Å². The third kappa shape index (κ3) is 2.94. The molecule has 4 heteroatoms. The number of benzene rings is 1. The molecule has 0 unspecified atom stereocenters. The molecule has 3 nitrogen and oxygen atoms in total. The Morgan fingerprint density at radius 2 is 2.07 bits per heavy atom. The lowest BCUT2D eigenvalue weighted by Crippen LogP contribution is -2.37. The fourth-order valence-electron chi connectivity index (χ4n) is 1.88. The van der Waals surface area contributed by atoms with Gasteiger partial charge in [-0.05, 0) is 17.5 Å². The lowest BCUT2D eigenvalue weighted by molar-refractivity contribution is -0.137. The highest BCUT2D eigenvalue weighted by molar-refractivity contribution is 5.85. The number of hydrogen-bond acceptors (Lipinski definition) is 2. The van der Waals surface area contributed by atoms with Crippen LogP contribution in [0.3, 0.4) is 0 Å². The van der Waals surface area contributed by atoms with Gasteiger partial charge in [-0.15, -0.1) is 12.4 Å². The Bertz CT molecular complexity index is 354. The molecule has 0 fully saturated rings. The van der Waals surface area contributed by atoms with E-state index in [1.54, 1.807) is 0 Å². The number of nitrogens with one attached hydrogen (secondary N) is 1. The smallest absolute Gasteiger partial charge is 0.304 e. The topological polar surface area (TPSA) is 49.3 Å². The van der Waals surface area contributed by atoms with Gasteiger partial charge in [0.05, 0.1) is 6.42 Å². The Kier molecular flexibility index (Phi) is 4.12. The van der Waals surface area contributed by atoms with Gasteiger partial charge in [0.25, 0.3) is 0 Å². The van der Waals surface area contributed by atoms with Crippen molar-refractivity contribution in [3.05, 3.63) is 35.4 Å². The highest BCUT2D eigenvalue weighted by Gasteiger charge is 2.19. The predicted molar refractivity (Wildman–Crippen MR) is 60.3 cm³/mol. The first-order chi connectivity index (χ1) is 6.75. The molecule has 0 spiro atoms. The van der Waals surface area contributed by atoms with Crippen molar-refractivity contribution in [2.45, 2.75) is 25.4 Å². The second-order valence-corrected chi connectivity index (χ2v) is 3.65. The summed E-state index contributed by atoms with van der Waals surface area (Å²) < 4.78 is 0. The summed E-state index contributed by atoms with van der Waals surface area (Å²) in [6, 6.07) is 8.26. The van der Waals surface area contributed by atoms with E-state index in [9.17, 15) is 4.79 Å². The average molecular weight is 228 g/mol. The molecule has 0 saturated carbocycles. The SMILES string of the molecule is Cl.O=C(O)C[C@H]1Cc2ccccc2CN1. The second-order valence-electron chi connectivity index (χ2n) is 3.65. The summed E-state index contributed by atoms with van der Waals surface area (Å²) in [6.45, 7) is 0.786. The first-order valence-electron chi connectivity index (χ1n) is 4.77. The minimum absolute atomic E-state index is 0. The van der Waals surface area contributed by atoms with Crippen molar-refractivity contribution in [2.75, 3.05) is 0 Å². The van der Waals surface area contributed by atoms with Crippen LogP contribution in [0.2, 0.25) is 0 Å². The molecular formula is C11H14ClNO2. The maximum absolute atomic E-state index is 10.5. The van der Waals surface area contributed by atoms with Crippen LogP contribution in [0.15, 0.2) is 24.3 Å². The number of halogens is 1. The molecule has 2 rings (SSSR count). The summed E-state index contributed by atoms with van der Waals surface area (Å²) in [5, 5.41) is 11.9. The highest BCUT2D eigenvalue weighted by atomic mass is 35.5. The van der Waals surface area contributed by atoms with E-state index in [-0.39, 0.29) is 24.9 Å². The lowest BCUT2D eigenvalue weighted by Gasteiger charge is -2.24. The Morgan fingerprint density at radius 3 is 2.73 bits per heavy atom. The van der Waals surface area contributed by atoms with Crippen LogP contribution in [0.5, 0.6) is 0 Å². The quantitative estimate of drug-likeness (QED) is 0.807. The third-order valence-electron chi connectivity index (χ3n) is 2.59. The average Bonchev–Trinajstić information content (AvgIpc) is 2.17. The molecule has 1 aliphatic heterocycles.